The van der Waals surface area contributed by atoms with Gasteiger partial charge in [-0.05, 0) is 48.1 Å². The van der Waals surface area contributed by atoms with Crippen LogP contribution in [0.3, 0.4) is 0 Å². The summed E-state index contributed by atoms with van der Waals surface area (Å²) in [5.41, 5.74) is 0.663. The summed E-state index contributed by atoms with van der Waals surface area (Å²) in [5, 5.41) is 18.5. The number of alkyl halides is 1. The molecular weight excluding hydrogens is 566 g/mol. The first-order chi connectivity index (χ1) is 18.2. The Bertz CT molecular complexity index is 1240. The van der Waals surface area contributed by atoms with E-state index < -0.39 is 28.7 Å². The van der Waals surface area contributed by atoms with Crippen LogP contribution in [0.1, 0.15) is 40.0 Å². The summed E-state index contributed by atoms with van der Waals surface area (Å²) in [5.74, 6) is -1.46. The number of carbonyl (C=O) groups excluding carboxylic acids is 3. The molecule has 0 radical (unpaired) electrons. The Morgan fingerprint density at radius 1 is 1.18 bits per heavy atom. The fourth-order valence-electron chi connectivity index (χ4n) is 6.72. The van der Waals surface area contributed by atoms with Crippen LogP contribution in [-0.4, -0.2) is 67.8 Å². The van der Waals surface area contributed by atoms with Crippen LogP contribution in [-0.2, 0) is 14.4 Å². The molecule has 2 aromatic rings. The molecule has 3 heterocycles. The van der Waals surface area contributed by atoms with E-state index in [4.69, 9.17) is 0 Å². The molecule has 7 nitrogen and oxygen atoms in total. The molecule has 2 aromatic carbocycles. The van der Waals surface area contributed by atoms with E-state index in [9.17, 15) is 19.5 Å². The zero-order valence-corrected chi connectivity index (χ0v) is 24.4. The van der Waals surface area contributed by atoms with E-state index in [2.05, 4.69) is 26.6 Å². The molecule has 3 aliphatic heterocycles. The highest BCUT2D eigenvalue weighted by Gasteiger charge is 2.76. The SMILES string of the molecule is CCCNC(=O)[C@H]1[C@H]2C(=O)N([C@@H](CO)CC(C)C)C(C(=O)Nc3ccc4ccccc4c3)C23CC(Br)[C@@H]1S3. The zero-order chi connectivity index (χ0) is 27.2. The second-order valence-corrected chi connectivity index (χ2v) is 13.9. The Morgan fingerprint density at radius 2 is 1.92 bits per heavy atom. The smallest absolute Gasteiger partial charge is 0.248 e. The molecule has 7 atom stereocenters. The monoisotopic (exact) mass is 601 g/mol. The highest BCUT2D eigenvalue weighted by molar-refractivity contribution is 9.09. The maximum Gasteiger partial charge on any atom is 0.248 e. The van der Waals surface area contributed by atoms with E-state index in [1.165, 1.54) is 0 Å². The van der Waals surface area contributed by atoms with Crippen molar-refractivity contribution in [2.75, 3.05) is 18.5 Å². The quantitative estimate of drug-likeness (QED) is 0.375. The largest absolute Gasteiger partial charge is 0.394 e. The number of fused-ring (bicyclic) bond motifs is 2. The van der Waals surface area contributed by atoms with Gasteiger partial charge in [-0.2, -0.15) is 0 Å². The van der Waals surface area contributed by atoms with Crippen molar-refractivity contribution in [3.05, 3.63) is 42.5 Å². The summed E-state index contributed by atoms with van der Waals surface area (Å²) in [4.78, 5) is 43.4. The number of aliphatic hydroxyl groups excluding tert-OH is 1. The lowest BCUT2D eigenvalue weighted by atomic mass is 9.70. The van der Waals surface area contributed by atoms with Gasteiger partial charge in [0.05, 0.1) is 29.2 Å². The van der Waals surface area contributed by atoms with Crippen LogP contribution in [0, 0.1) is 17.8 Å². The van der Waals surface area contributed by atoms with E-state index in [0.29, 0.717) is 25.1 Å². The predicted octanol–water partition coefficient (Wildman–Crippen LogP) is 4.18. The number of amides is 3. The number of rotatable bonds is 9. The van der Waals surface area contributed by atoms with E-state index in [1.54, 1.807) is 16.7 Å². The number of halogens is 1. The van der Waals surface area contributed by atoms with E-state index in [1.807, 2.05) is 63.2 Å². The molecule has 3 amide bonds. The van der Waals surface area contributed by atoms with Crippen LogP contribution < -0.4 is 10.6 Å². The number of hydrogen-bond acceptors (Lipinski definition) is 5. The number of nitrogens with zero attached hydrogens (tertiary/aromatic N) is 1. The van der Waals surface area contributed by atoms with Gasteiger partial charge in [0.2, 0.25) is 17.7 Å². The van der Waals surface area contributed by atoms with Gasteiger partial charge in [-0.25, -0.2) is 0 Å². The molecular formula is C29H36BrN3O4S. The third-order valence-electron chi connectivity index (χ3n) is 8.19. The van der Waals surface area contributed by atoms with Gasteiger partial charge < -0.3 is 20.6 Å². The first-order valence-electron chi connectivity index (χ1n) is 13.5. The predicted molar refractivity (Wildman–Crippen MR) is 155 cm³/mol. The lowest BCUT2D eigenvalue weighted by molar-refractivity contribution is -0.142. The number of hydrogen-bond donors (Lipinski definition) is 3. The van der Waals surface area contributed by atoms with Gasteiger partial charge in [-0.3, -0.25) is 14.4 Å². The van der Waals surface area contributed by atoms with Gasteiger partial charge in [-0.15, -0.1) is 11.8 Å². The molecule has 1 spiro atoms. The maximum atomic E-state index is 14.2. The summed E-state index contributed by atoms with van der Waals surface area (Å²) in [6.45, 7) is 6.41. The van der Waals surface area contributed by atoms with Crippen LogP contribution in [0.25, 0.3) is 10.8 Å². The fourth-order valence-corrected chi connectivity index (χ4v) is 10.3. The molecule has 38 heavy (non-hydrogen) atoms. The summed E-state index contributed by atoms with van der Waals surface area (Å²) < 4.78 is -0.741. The number of carbonyl (C=O) groups is 3. The van der Waals surface area contributed by atoms with Crippen molar-refractivity contribution in [1.82, 2.24) is 10.2 Å². The molecule has 3 N–H and O–H groups in total. The van der Waals surface area contributed by atoms with E-state index in [-0.39, 0.29) is 40.3 Å². The van der Waals surface area contributed by atoms with E-state index >= 15 is 0 Å². The van der Waals surface area contributed by atoms with Crippen LogP contribution in [0.15, 0.2) is 42.5 Å². The average Bonchev–Trinajstić information content (AvgIpc) is 3.49. The highest BCUT2D eigenvalue weighted by atomic mass is 79.9. The standard InChI is InChI=1S/C29H36BrN3O4S/c1-4-11-31-26(35)22-23-28(37)33(20(15-34)12-16(2)3)25(29(23)14-21(30)24(22)38-29)27(36)32-19-10-9-17-7-5-6-8-18(17)13-19/h5-10,13,16,20-25,34H,4,11-12,14-15H2,1-3H3,(H,31,35)(H,32,36)/t20-,21?,22+,23+,24+,25?,29?/m1/s1. The summed E-state index contributed by atoms with van der Waals surface area (Å²) >= 11 is 5.42. The molecule has 3 unspecified atom stereocenters. The first kappa shape index (κ1) is 27.5. The molecule has 3 fully saturated rings. The molecule has 0 aliphatic carbocycles. The number of nitrogens with one attached hydrogen (secondary N) is 2. The summed E-state index contributed by atoms with van der Waals surface area (Å²) in [7, 11) is 0. The fraction of sp³-hybridized carbons (Fsp3) is 0.552. The Balaban J connectivity index is 1.54. The van der Waals surface area contributed by atoms with Crippen LogP contribution in [0.5, 0.6) is 0 Å². The Kier molecular flexibility index (Phi) is 7.82. The summed E-state index contributed by atoms with van der Waals surface area (Å²) in [6, 6.07) is 12.5. The lowest BCUT2D eigenvalue weighted by Crippen LogP contribution is -2.55. The minimum absolute atomic E-state index is 0.0162. The zero-order valence-electron chi connectivity index (χ0n) is 22.0. The molecule has 5 rings (SSSR count). The van der Waals surface area contributed by atoms with Crippen molar-refractivity contribution in [1.29, 1.82) is 0 Å². The Labute approximate surface area is 236 Å². The van der Waals surface area contributed by atoms with Crippen molar-refractivity contribution in [2.24, 2.45) is 17.8 Å². The van der Waals surface area contributed by atoms with Crippen molar-refractivity contribution in [3.63, 3.8) is 0 Å². The molecule has 3 aliphatic rings. The number of anilines is 1. The van der Waals surface area contributed by atoms with Gasteiger partial charge >= 0.3 is 0 Å². The minimum Gasteiger partial charge on any atom is -0.394 e. The summed E-state index contributed by atoms with van der Waals surface area (Å²) in [6.07, 6.45) is 1.99. The molecule has 204 valence electrons. The van der Waals surface area contributed by atoms with E-state index in [0.717, 1.165) is 17.2 Å². The highest BCUT2D eigenvalue weighted by Crippen LogP contribution is 2.68. The normalized spacial score (nSPS) is 30.6. The van der Waals surface area contributed by atoms with Crippen molar-refractivity contribution in [3.8, 4) is 0 Å². The van der Waals surface area contributed by atoms with Crippen LogP contribution in [0.4, 0.5) is 5.69 Å². The molecule has 0 saturated carbocycles. The first-order valence-corrected chi connectivity index (χ1v) is 15.3. The van der Waals surface area contributed by atoms with Gasteiger partial charge in [0.15, 0.2) is 0 Å². The average molecular weight is 603 g/mol. The minimum atomic E-state index is -0.790. The van der Waals surface area contributed by atoms with Crippen LogP contribution >= 0.6 is 27.7 Å². The van der Waals surface area contributed by atoms with Gasteiger partial charge in [0.1, 0.15) is 6.04 Å². The number of aliphatic hydroxyl groups is 1. The maximum absolute atomic E-state index is 14.2. The van der Waals surface area contributed by atoms with Gasteiger partial charge in [0.25, 0.3) is 0 Å². The second kappa shape index (κ2) is 10.8. The number of thioether (sulfide) groups is 1. The molecule has 3 saturated heterocycles. The topological polar surface area (TPSA) is 98.7 Å². The number of likely N-dealkylation sites (tertiary alicyclic amines) is 1. The van der Waals surface area contributed by atoms with Gasteiger partial charge in [-0.1, -0.05) is 67.0 Å². The van der Waals surface area contributed by atoms with Crippen molar-refractivity contribution >= 4 is 61.9 Å². The van der Waals surface area contributed by atoms with Crippen molar-refractivity contribution < 1.29 is 19.5 Å². The molecule has 2 bridgehead atoms. The van der Waals surface area contributed by atoms with Crippen LogP contribution in [0.2, 0.25) is 0 Å². The number of benzene rings is 2. The Hall–Kier alpha value is -2.10. The van der Waals surface area contributed by atoms with Gasteiger partial charge in [0, 0.05) is 22.3 Å². The molecule has 0 aromatic heterocycles. The third kappa shape index (κ3) is 4.54. The molecule has 9 heteroatoms. The van der Waals surface area contributed by atoms with Crippen molar-refractivity contribution in [2.45, 2.75) is 66.9 Å². The lowest BCUT2D eigenvalue weighted by Gasteiger charge is -2.37. The second-order valence-electron chi connectivity index (χ2n) is 11.2. The third-order valence-corrected chi connectivity index (χ3v) is 11.4. The Morgan fingerprint density at radius 3 is 2.61 bits per heavy atom.